The fourth-order valence-corrected chi connectivity index (χ4v) is 4.48. The third-order valence-electron chi connectivity index (χ3n) is 6.47. The Kier molecular flexibility index (Phi) is 8.20. The minimum Gasteiger partial charge on any atom is -0.543 e. The Morgan fingerprint density at radius 3 is 2.41 bits per heavy atom. The van der Waals surface area contributed by atoms with Gasteiger partial charge in [-0.25, -0.2) is 4.79 Å². The normalized spacial score (nSPS) is 14.2. The molecule has 0 spiro atoms. The van der Waals surface area contributed by atoms with Crippen molar-refractivity contribution in [2.75, 3.05) is 13.7 Å². The molecular weight excluding hydrogens is 424 g/mol. The highest BCUT2D eigenvalue weighted by atomic mass is 28.4. The first-order valence-corrected chi connectivity index (χ1v) is 14.1. The molecule has 1 aliphatic rings. The Hall–Kier alpha value is -2.28. The molecule has 0 fully saturated rings. The highest BCUT2D eigenvalue weighted by molar-refractivity contribution is 6.74. The number of cyclic esters (lactones) is 1. The van der Waals surface area contributed by atoms with E-state index < -0.39 is 8.32 Å². The second-order valence-electron chi connectivity index (χ2n) is 9.82. The largest absolute Gasteiger partial charge is 0.543 e. The van der Waals surface area contributed by atoms with E-state index in [0.29, 0.717) is 37.2 Å². The van der Waals surface area contributed by atoms with Gasteiger partial charge in [-0.05, 0) is 57.3 Å². The lowest BCUT2D eigenvalue weighted by molar-refractivity contribution is -0.143. The Balaban J connectivity index is 2.52. The standard InChI is InChI=1S/C25H38O6Si/c1-10-29-20(26)14-12-16(2)11-13-18-22(28-7)17(3)19-15-30-24(27)21(19)23(18)31-32(8,9)25(4,5)6/h11H,10,12-15H2,1-9H3/b16-11+. The number of allylic oxidation sites excluding steroid dienone is 2. The van der Waals surface area contributed by atoms with Crippen molar-refractivity contribution in [3.63, 3.8) is 0 Å². The van der Waals surface area contributed by atoms with Gasteiger partial charge in [0.25, 0.3) is 8.32 Å². The summed E-state index contributed by atoms with van der Waals surface area (Å²) in [6, 6.07) is 0. The molecule has 0 bridgehead atoms. The number of hydrogen-bond donors (Lipinski definition) is 0. The van der Waals surface area contributed by atoms with Crippen molar-refractivity contribution in [3.05, 3.63) is 33.9 Å². The molecule has 7 heteroatoms. The molecule has 0 radical (unpaired) electrons. The summed E-state index contributed by atoms with van der Waals surface area (Å²) in [7, 11) is -0.601. The van der Waals surface area contributed by atoms with Crippen molar-refractivity contribution in [2.24, 2.45) is 0 Å². The predicted molar refractivity (Wildman–Crippen MR) is 128 cm³/mol. The number of ether oxygens (including phenoxy) is 3. The molecule has 0 aromatic heterocycles. The number of carbonyl (C=O) groups excluding carboxylic acids is 2. The predicted octanol–water partition coefficient (Wildman–Crippen LogP) is 5.89. The summed E-state index contributed by atoms with van der Waals surface area (Å²) in [5.41, 5.74) is 4.19. The average Bonchev–Trinajstić information content (AvgIpc) is 3.08. The monoisotopic (exact) mass is 462 g/mol. The maximum Gasteiger partial charge on any atom is 0.342 e. The molecule has 178 valence electrons. The Morgan fingerprint density at radius 1 is 1.19 bits per heavy atom. The fourth-order valence-electron chi connectivity index (χ4n) is 3.44. The highest BCUT2D eigenvalue weighted by Gasteiger charge is 2.42. The number of rotatable bonds is 9. The van der Waals surface area contributed by atoms with Gasteiger partial charge in [0.1, 0.15) is 23.7 Å². The van der Waals surface area contributed by atoms with Gasteiger partial charge in [-0.1, -0.05) is 32.4 Å². The van der Waals surface area contributed by atoms with Gasteiger partial charge in [-0.3, -0.25) is 4.79 Å². The summed E-state index contributed by atoms with van der Waals surface area (Å²) in [5, 5.41) is -0.0385. The van der Waals surface area contributed by atoms with Gasteiger partial charge in [-0.2, -0.15) is 0 Å². The van der Waals surface area contributed by atoms with Crippen molar-refractivity contribution >= 4 is 20.3 Å². The van der Waals surface area contributed by atoms with Gasteiger partial charge in [0.15, 0.2) is 0 Å². The lowest BCUT2D eigenvalue weighted by atomic mass is 9.94. The molecule has 0 aliphatic carbocycles. The van der Waals surface area contributed by atoms with Crippen molar-refractivity contribution in [3.8, 4) is 11.5 Å². The molecule has 1 aromatic carbocycles. The van der Waals surface area contributed by atoms with E-state index in [2.05, 4.69) is 39.9 Å². The highest BCUT2D eigenvalue weighted by Crippen LogP contribution is 2.46. The van der Waals surface area contributed by atoms with Crippen LogP contribution in [0.2, 0.25) is 18.1 Å². The van der Waals surface area contributed by atoms with E-state index >= 15 is 0 Å². The van der Waals surface area contributed by atoms with Gasteiger partial charge in [-0.15, -0.1) is 0 Å². The topological polar surface area (TPSA) is 71.1 Å². The number of benzene rings is 1. The van der Waals surface area contributed by atoms with E-state index in [1.807, 2.05) is 13.8 Å². The quantitative estimate of drug-likeness (QED) is 0.259. The van der Waals surface area contributed by atoms with Crippen LogP contribution in [0.1, 0.15) is 74.5 Å². The molecule has 0 unspecified atom stereocenters. The second kappa shape index (κ2) is 10.1. The van der Waals surface area contributed by atoms with Gasteiger partial charge < -0.3 is 18.6 Å². The first-order chi connectivity index (χ1) is 14.8. The fraction of sp³-hybridized carbons (Fsp3) is 0.600. The number of hydrogen-bond acceptors (Lipinski definition) is 6. The van der Waals surface area contributed by atoms with Crippen LogP contribution in [0.25, 0.3) is 0 Å². The van der Waals surface area contributed by atoms with Gasteiger partial charge in [0, 0.05) is 17.5 Å². The SMILES string of the molecule is CCOC(=O)CC/C(C)=C/Cc1c(OC)c(C)c2c(c1O[Si](C)(C)C(C)(C)C)C(=O)OC2. The smallest absolute Gasteiger partial charge is 0.342 e. The number of fused-ring (bicyclic) bond motifs is 1. The molecule has 0 N–H and O–H groups in total. The van der Waals surface area contributed by atoms with Gasteiger partial charge >= 0.3 is 11.9 Å². The van der Waals surface area contributed by atoms with Crippen LogP contribution in [0.5, 0.6) is 11.5 Å². The molecule has 0 saturated heterocycles. The van der Waals surface area contributed by atoms with Crippen molar-refractivity contribution < 1.29 is 28.2 Å². The lowest BCUT2D eigenvalue weighted by Crippen LogP contribution is -2.44. The van der Waals surface area contributed by atoms with Crippen LogP contribution in [0, 0.1) is 6.92 Å². The van der Waals surface area contributed by atoms with Crippen molar-refractivity contribution in [1.29, 1.82) is 0 Å². The summed E-state index contributed by atoms with van der Waals surface area (Å²) in [4.78, 5) is 24.4. The van der Waals surface area contributed by atoms with E-state index in [-0.39, 0.29) is 23.6 Å². The van der Waals surface area contributed by atoms with Crippen LogP contribution in [0.3, 0.4) is 0 Å². The molecule has 0 atom stereocenters. The van der Waals surface area contributed by atoms with Gasteiger partial charge in [0.05, 0.1) is 13.7 Å². The third kappa shape index (κ3) is 5.55. The van der Waals surface area contributed by atoms with Crippen LogP contribution in [-0.4, -0.2) is 34.0 Å². The van der Waals surface area contributed by atoms with E-state index in [0.717, 1.165) is 28.0 Å². The maximum absolute atomic E-state index is 12.7. The molecule has 32 heavy (non-hydrogen) atoms. The Bertz CT molecular complexity index is 908. The first kappa shape index (κ1) is 26.0. The van der Waals surface area contributed by atoms with E-state index in [9.17, 15) is 9.59 Å². The van der Waals surface area contributed by atoms with Crippen LogP contribution in [0.4, 0.5) is 0 Å². The zero-order valence-electron chi connectivity index (χ0n) is 21.1. The molecule has 2 rings (SSSR count). The van der Waals surface area contributed by atoms with E-state index in [4.69, 9.17) is 18.6 Å². The van der Waals surface area contributed by atoms with Crippen molar-refractivity contribution in [1.82, 2.24) is 0 Å². The van der Waals surface area contributed by atoms with E-state index in [1.165, 1.54) is 0 Å². The van der Waals surface area contributed by atoms with E-state index in [1.54, 1.807) is 14.0 Å². The number of carbonyl (C=O) groups is 2. The summed E-state index contributed by atoms with van der Waals surface area (Å²) < 4.78 is 22.9. The van der Waals surface area contributed by atoms with Crippen LogP contribution in [-0.2, 0) is 27.3 Å². The molecule has 1 aromatic rings. The maximum atomic E-state index is 12.7. The zero-order valence-corrected chi connectivity index (χ0v) is 22.1. The zero-order chi connectivity index (χ0) is 24.3. The molecule has 6 nitrogen and oxygen atoms in total. The van der Waals surface area contributed by atoms with Gasteiger partial charge in [0.2, 0.25) is 0 Å². The molecule has 1 aliphatic heterocycles. The molecule has 0 amide bonds. The van der Waals surface area contributed by atoms with Crippen LogP contribution < -0.4 is 9.16 Å². The van der Waals surface area contributed by atoms with Crippen LogP contribution in [0.15, 0.2) is 11.6 Å². The summed E-state index contributed by atoms with van der Waals surface area (Å²) in [6.45, 7) is 17.2. The number of esters is 2. The second-order valence-corrected chi connectivity index (χ2v) is 14.5. The third-order valence-corrected chi connectivity index (χ3v) is 10.8. The first-order valence-electron chi connectivity index (χ1n) is 11.2. The number of methoxy groups -OCH3 is 1. The summed E-state index contributed by atoms with van der Waals surface area (Å²) >= 11 is 0. The Morgan fingerprint density at radius 2 is 1.84 bits per heavy atom. The lowest BCUT2D eigenvalue weighted by Gasteiger charge is -2.37. The Labute approximate surface area is 193 Å². The molecule has 0 saturated carbocycles. The van der Waals surface area contributed by atoms with Crippen LogP contribution >= 0.6 is 0 Å². The van der Waals surface area contributed by atoms with Crippen molar-refractivity contribution in [2.45, 2.75) is 85.5 Å². The average molecular weight is 463 g/mol. The molecular formula is C25H38O6Si. The summed E-state index contributed by atoms with van der Waals surface area (Å²) in [5.74, 6) is 0.774. The molecule has 1 heterocycles. The minimum absolute atomic E-state index is 0.0385. The minimum atomic E-state index is -2.24. The summed E-state index contributed by atoms with van der Waals surface area (Å²) in [6.07, 6.45) is 3.56.